The van der Waals surface area contributed by atoms with Gasteiger partial charge in [-0.15, -0.1) is 11.3 Å². The molecule has 5 rings (SSSR count). The maximum absolute atomic E-state index is 12.4. The number of anilines is 1. The minimum absolute atomic E-state index is 0.0123. The lowest BCUT2D eigenvalue weighted by atomic mass is 10.0. The number of hydrogen-bond donors (Lipinski definition) is 2. The van der Waals surface area contributed by atoms with Crippen molar-refractivity contribution in [3.05, 3.63) is 48.1 Å². The van der Waals surface area contributed by atoms with Gasteiger partial charge in [0.05, 0.1) is 37.1 Å². The molecule has 1 aliphatic heterocycles. The van der Waals surface area contributed by atoms with Crippen LogP contribution in [0.5, 0.6) is 5.88 Å². The van der Waals surface area contributed by atoms with Gasteiger partial charge in [-0.05, 0) is 57.7 Å². The van der Waals surface area contributed by atoms with E-state index in [9.17, 15) is 4.79 Å². The molecule has 4 heterocycles. The summed E-state index contributed by atoms with van der Waals surface area (Å²) in [5, 5.41) is 4.21. The molecule has 1 amide bonds. The fourth-order valence-corrected chi connectivity index (χ4v) is 5.22. The first-order chi connectivity index (χ1) is 18.4. The number of pyridine rings is 1. The van der Waals surface area contributed by atoms with Gasteiger partial charge in [-0.3, -0.25) is 19.7 Å². The second-order valence-corrected chi connectivity index (χ2v) is 11.6. The molecule has 2 aliphatic rings. The van der Waals surface area contributed by atoms with Gasteiger partial charge >= 0.3 is 0 Å². The molecule has 1 saturated heterocycles. The summed E-state index contributed by atoms with van der Waals surface area (Å²) >= 11 is 3.11. The van der Waals surface area contributed by atoms with Crippen LogP contribution in [0.2, 0.25) is 0 Å². The number of nitrogens with one attached hydrogen (secondary N) is 2. The quantitative estimate of drug-likeness (QED) is 0.353. The minimum Gasteiger partial charge on any atom is -0.477 e. The summed E-state index contributed by atoms with van der Waals surface area (Å²) in [6.07, 6.45) is 11.2. The van der Waals surface area contributed by atoms with Gasteiger partial charge in [-0.1, -0.05) is 0 Å². The third-order valence-electron chi connectivity index (χ3n) is 5.89. The normalized spacial score (nSPS) is 16.7. The van der Waals surface area contributed by atoms with Crippen molar-refractivity contribution in [2.45, 2.75) is 44.4 Å². The Morgan fingerprint density at radius 1 is 1.24 bits per heavy atom. The number of hydrogen-bond acceptors (Lipinski definition) is 11. The van der Waals surface area contributed by atoms with E-state index in [-0.39, 0.29) is 11.4 Å². The number of nitrogens with zero attached hydrogens (tertiary/aromatic N) is 5. The van der Waals surface area contributed by atoms with Crippen LogP contribution in [-0.4, -0.2) is 81.0 Å². The summed E-state index contributed by atoms with van der Waals surface area (Å²) < 4.78 is 14.2. The number of morpholine rings is 1. The predicted octanol–water partition coefficient (Wildman–Crippen LogP) is 4.14. The molecule has 3 aromatic rings. The van der Waals surface area contributed by atoms with E-state index < -0.39 is 0 Å². The van der Waals surface area contributed by atoms with E-state index in [1.807, 2.05) is 31.0 Å². The molecular weight excluding hydrogens is 522 g/mol. The van der Waals surface area contributed by atoms with E-state index in [2.05, 4.69) is 48.7 Å². The lowest BCUT2D eigenvalue weighted by molar-refractivity contribution is -0.0498. The Morgan fingerprint density at radius 3 is 2.79 bits per heavy atom. The van der Waals surface area contributed by atoms with E-state index in [1.165, 1.54) is 24.2 Å². The molecule has 0 spiro atoms. The lowest BCUT2D eigenvalue weighted by Crippen LogP contribution is -2.54. The van der Waals surface area contributed by atoms with Crippen molar-refractivity contribution in [2.24, 2.45) is 0 Å². The Kier molecular flexibility index (Phi) is 10.3. The van der Waals surface area contributed by atoms with Crippen LogP contribution in [0.3, 0.4) is 0 Å². The van der Waals surface area contributed by atoms with E-state index in [1.54, 1.807) is 31.0 Å². The van der Waals surface area contributed by atoms with Gasteiger partial charge < -0.3 is 19.5 Å². The van der Waals surface area contributed by atoms with Crippen LogP contribution in [0.25, 0.3) is 10.6 Å². The van der Waals surface area contributed by atoms with Gasteiger partial charge in [0.25, 0.3) is 5.91 Å². The lowest BCUT2D eigenvalue weighted by Gasteiger charge is -2.42. The van der Waals surface area contributed by atoms with Gasteiger partial charge in [0.1, 0.15) is 5.69 Å². The maximum atomic E-state index is 12.4. The molecule has 2 fully saturated rings. The maximum Gasteiger partial charge on any atom is 0.280 e. The van der Waals surface area contributed by atoms with Crippen LogP contribution in [0.4, 0.5) is 5.69 Å². The second-order valence-electron chi connectivity index (χ2n) is 9.47. The molecule has 0 aromatic carbocycles. The van der Waals surface area contributed by atoms with Gasteiger partial charge in [0, 0.05) is 54.7 Å². The van der Waals surface area contributed by atoms with Gasteiger partial charge in [0.2, 0.25) is 5.88 Å². The smallest absolute Gasteiger partial charge is 0.280 e. The highest BCUT2D eigenvalue weighted by Gasteiger charge is 2.30. The van der Waals surface area contributed by atoms with Gasteiger partial charge in [-0.2, -0.15) is 0 Å². The van der Waals surface area contributed by atoms with Crippen molar-refractivity contribution in [1.82, 2.24) is 30.2 Å². The highest BCUT2D eigenvalue weighted by atomic mass is 32.2. The van der Waals surface area contributed by atoms with Crippen molar-refractivity contribution < 1.29 is 14.3 Å². The molecule has 0 radical (unpaired) electrons. The number of rotatable bonds is 10. The monoisotopic (exact) mass is 557 g/mol. The summed E-state index contributed by atoms with van der Waals surface area (Å²) in [6.45, 7) is 10.4. The van der Waals surface area contributed by atoms with Crippen LogP contribution in [0.1, 0.15) is 43.4 Å². The van der Waals surface area contributed by atoms with Gasteiger partial charge in [0.15, 0.2) is 5.01 Å². The first kappa shape index (κ1) is 28.2. The molecule has 0 atom stereocenters. The standard InChI is InChI=1S/C18H25N5O3S.C8H10N2S/c1-4-26-15-11-19-9-13(22-15)14-10-21-17(27-14)16(24)20-5-6-23-7-8-25-12-18(23,2)3;1-2-8(1)11-10-7-3-5-9-6-4-7/h9-11H,4-8,12H2,1-3H3,(H,20,24);3-6,8H,1-2H2,(H,9,10). The van der Waals surface area contributed by atoms with Crippen molar-refractivity contribution in [1.29, 1.82) is 0 Å². The first-order valence-corrected chi connectivity index (χ1v) is 14.5. The molecular formula is C26H35N7O3S2. The minimum atomic E-state index is -0.175. The molecule has 38 heavy (non-hydrogen) atoms. The molecule has 0 bridgehead atoms. The zero-order valence-corrected chi connectivity index (χ0v) is 23.7. The highest BCUT2D eigenvalue weighted by molar-refractivity contribution is 8.01. The average molecular weight is 558 g/mol. The van der Waals surface area contributed by atoms with Crippen LogP contribution in [0, 0.1) is 0 Å². The molecule has 204 valence electrons. The van der Waals surface area contributed by atoms with Crippen molar-refractivity contribution in [2.75, 3.05) is 44.2 Å². The van der Waals surface area contributed by atoms with E-state index >= 15 is 0 Å². The summed E-state index contributed by atoms with van der Waals surface area (Å²) in [5.74, 6) is 0.286. The molecule has 3 aromatic heterocycles. The fraction of sp³-hybridized carbons (Fsp3) is 0.500. The highest BCUT2D eigenvalue weighted by Crippen LogP contribution is 2.34. The third-order valence-corrected chi connectivity index (χ3v) is 8.07. The van der Waals surface area contributed by atoms with Crippen molar-refractivity contribution in [3.8, 4) is 16.5 Å². The Hall–Kier alpha value is -2.80. The summed E-state index contributed by atoms with van der Waals surface area (Å²) in [4.78, 5) is 32.2. The summed E-state index contributed by atoms with van der Waals surface area (Å²) in [6, 6.07) is 3.96. The Bertz CT molecular complexity index is 1160. The summed E-state index contributed by atoms with van der Waals surface area (Å²) in [5.41, 5.74) is 1.78. The number of carbonyl (C=O) groups is 1. The zero-order chi connectivity index (χ0) is 26.8. The fourth-order valence-electron chi connectivity index (χ4n) is 3.62. The van der Waals surface area contributed by atoms with Crippen LogP contribution < -0.4 is 14.8 Å². The molecule has 2 N–H and O–H groups in total. The number of carbonyl (C=O) groups excluding carboxylic acids is 1. The topological polar surface area (TPSA) is 114 Å². The third kappa shape index (κ3) is 8.62. The number of thiazole rings is 1. The zero-order valence-electron chi connectivity index (χ0n) is 22.1. The number of aromatic nitrogens is 4. The molecule has 10 nitrogen and oxygen atoms in total. The van der Waals surface area contributed by atoms with Gasteiger partial charge in [-0.25, -0.2) is 9.97 Å². The van der Waals surface area contributed by atoms with Crippen molar-refractivity contribution in [3.63, 3.8) is 0 Å². The van der Waals surface area contributed by atoms with Crippen molar-refractivity contribution >= 4 is 34.9 Å². The predicted molar refractivity (Wildman–Crippen MR) is 152 cm³/mol. The largest absolute Gasteiger partial charge is 0.477 e. The Balaban J connectivity index is 0.000000253. The Morgan fingerprint density at radius 2 is 2.05 bits per heavy atom. The number of amides is 1. The SMILES string of the molecule is CCOc1cncc(-c2cnc(C(=O)NCCN3CCOCC3(C)C)s2)n1.c1cc(NSC2CC2)ccn1. The van der Waals surface area contributed by atoms with Crippen LogP contribution >= 0.6 is 23.3 Å². The average Bonchev–Trinajstić information content (AvgIpc) is 3.62. The van der Waals surface area contributed by atoms with Crippen LogP contribution in [0.15, 0.2) is 43.1 Å². The summed E-state index contributed by atoms with van der Waals surface area (Å²) in [7, 11) is 0. The van der Waals surface area contributed by atoms with E-state index in [4.69, 9.17) is 9.47 Å². The van der Waals surface area contributed by atoms with E-state index in [0.29, 0.717) is 36.3 Å². The molecule has 1 saturated carbocycles. The molecule has 0 unspecified atom stereocenters. The second kappa shape index (κ2) is 13.8. The molecule has 1 aliphatic carbocycles. The Labute approximate surface area is 232 Å². The molecule has 12 heteroatoms. The first-order valence-electron chi connectivity index (χ1n) is 12.8. The number of ether oxygens (including phenoxy) is 2. The van der Waals surface area contributed by atoms with E-state index in [0.717, 1.165) is 35.5 Å². The van der Waals surface area contributed by atoms with Crippen LogP contribution in [-0.2, 0) is 4.74 Å².